The van der Waals surface area contributed by atoms with E-state index in [1.54, 1.807) is 7.11 Å². The molecule has 5 heteroatoms. The van der Waals surface area contributed by atoms with Crippen LogP contribution in [0.5, 0.6) is 5.75 Å². The van der Waals surface area contributed by atoms with E-state index in [0.717, 1.165) is 42.9 Å². The first-order valence-corrected chi connectivity index (χ1v) is 11.4. The molecule has 2 heterocycles. The van der Waals surface area contributed by atoms with Gasteiger partial charge in [-0.15, -0.1) is 0 Å². The highest BCUT2D eigenvalue weighted by Gasteiger charge is 2.22. The summed E-state index contributed by atoms with van der Waals surface area (Å²) in [6.45, 7) is 6.11. The molecule has 1 amide bonds. The van der Waals surface area contributed by atoms with Gasteiger partial charge in [0.2, 0.25) is 5.91 Å². The fourth-order valence-corrected chi connectivity index (χ4v) is 4.70. The van der Waals surface area contributed by atoms with Crippen LogP contribution in [-0.4, -0.2) is 49.1 Å². The molecular weight excluding hydrogens is 386 g/mol. The number of H-pyrrole nitrogens is 1. The van der Waals surface area contributed by atoms with E-state index in [0.29, 0.717) is 13.0 Å². The summed E-state index contributed by atoms with van der Waals surface area (Å²) < 4.78 is 5.46. The highest BCUT2D eigenvalue weighted by Crippen LogP contribution is 2.35. The van der Waals surface area contributed by atoms with Crippen molar-refractivity contribution in [2.24, 2.45) is 0 Å². The van der Waals surface area contributed by atoms with Crippen LogP contribution >= 0.6 is 0 Å². The number of likely N-dealkylation sites (tertiary alicyclic amines) is 1. The molecule has 3 aromatic rings. The monoisotopic (exact) mass is 419 g/mol. The summed E-state index contributed by atoms with van der Waals surface area (Å²) in [5.74, 6) is 0.863. The Balaban J connectivity index is 1.58. The average Bonchev–Trinajstić information content (AvgIpc) is 3.47. The number of nitrogens with zero attached hydrogens (tertiary/aromatic N) is 1. The molecule has 1 aliphatic heterocycles. The first-order valence-electron chi connectivity index (χ1n) is 11.4. The van der Waals surface area contributed by atoms with Crippen LogP contribution in [0.3, 0.4) is 0 Å². The van der Waals surface area contributed by atoms with Crippen LogP contribution in [0, 0.1) is 0 Å². The van der Waals surface area contributed by atoms with Crippen LogP contribution in [0.1, 0.15) is 48.8 Å². The van der Waals surface area contributed by atoms with Crippen LogP contribution in [0.2, 0.25) is 0 Å². The van der Waals surface area contributed by atoms with Gasteiger partial charge in [-0.1, -0.05) is 37.3 Å². The quantitative estimate of drug-likeness (QED) is 0.538. The molecule has 0 unspecified atom stereocenters. The first kappa shape index (κ1) is 21.4. The highest BCUT2D eigenvalue weighted by molar-refractivity contribution is 5.88. The molecule has 1 aliphatic rings. The summed E-state index contributed by atoms with van der Waals surface area (Å²) >= 11 is 0. The summed E-state index contributed by atoms with van der Waals surface area (Å²) in [5.41, 5.74) is 4.72. The van der Waals surface area contributed by atoms with Crippen LogP contribution in [0.4, 0.5) is 0 Å². The van der Waals surface area contributed by atoms with E-state index < -0.39 is 0 Å². The Morgan fingerprint density at radius 2 is 2.00 bits per heavy atom. The predicted octanol–water partition coefficient (Wildman–Crippen LogP) is 4.47. The molecule has 0 bridgehead atoms. The number of hydrogen-bond donors (Lipinski definition) is 2. The van der Waals surface area contributed by atoms with Gasteiger partial charge in [-0.3, -0.25) is 4.79 Å². The van der Waals surface area contributed by atoms with Gasteiger partial charge in [-0.2, -0.15) is 0 Å². The first-order chi connectivity index (χ1) is 15.2. The maximum Gasteiger partial charge on any atom is 0.220 e. The third kappa shape index (κ3) is 4.93. The molecule has 2 N–H and O–H groups in total. The summed E-state index contributed by atoms with van der Waals surface area (Å²) in [5, 5.41) is 4.34. The van der Waals surface area contributed by atoms with Crippen molar-refractivity contribution in [3.05, 3.63) is 65.4 Å². The predicted molar refractivity (Wildman–Crippen MR) is 126 cm³/mol. The van der Waals surface area contributed by atoms with Crippen LogP contribution in [0.15, 0.2) is 48.7 Å². The Hall–Kier alpha value is -2.79. The molecule has 0 saturated carbocycles. The minimum atomic E-state index is -0.0391. The van der Waals surface area contributed by atoms with Gasteiger partial charge in [0.15, 0.2) is 0 Å². The van der Waals surface area contributed by atoms with E-state index in [4.69, 9.17) is 4.74 Å². The van der Waals surface area contributed by atoms with Gasteiger partial charge in [0.25, 0.3) is 0 Å². The third-order valence-corrected chi connectivity index (χ3v) is 6.42. The Labute approximate surface area is 184 Å². The summed E-state index contributed by atoms with van der Waals surface area (Å²) in [7, 11) is 1.68. The second-order valence-corrected chi connectivity index (χ2v) is 8.37. The maximum absolute atomic E-state index is 12.9. The van der Waals surface area contributed by atoms with E-state index in [9.17, 15) is 4.79 Å². The molecule has 2 aromatic carbocycles. The van der Waals surface area contributed by atoms with E-state index in [2.05, 4.69) is 52.6 Å². The number of rotatable bonds is 9. The smallest absolute Gasteiger partial charge is 0.220 e. The summed E-state index contributed by atoms with van der Waals surface area (Å²) in [4.78, 5) is 18.8. The van der Waals surface area contributed by atoms with Crippen LogP contribution in [-0.2, 0) is 11.2 Å². The molecule has 4 rings (SSSR count). The Morgan fingerprint density at radius 1 is 1.19 bits per heavy atom. The average molecular weight is 420 g/mol. The van der Waals surface area contributed by atoms with Crippen molar-refractivity contribution < 1.29 is 9.53 Å². The van der Waals surface area contributed by atoms with Gasteiger partial charge in [-0.05, 0) is 61.2 Å². The zero-order valence-corrected chi connectivity index (χ0v) is 18.6. The second kappa shape index (κ2) is 10.0. The fourth-order valence-electron chi connectivity index (χ4n) is 4.70. The molecule has 164 valence electrons. The number of carbonyl (C=O) groups excluding carboxylic acids is 1. The molecular formula is C26H33N3O2. The molecule has 1 atom stereocenters. The largest absolute Gasteiger partial charge is 0.497 e. The van der Waals surface area contributed by atoms with Crippen molar-refractivity contribution >= 4 is 16.8 Å². The van der Waals surface area contributed by atoms with Gasteiger partial charge in [0.1, 0.15) is 5.75 Å². The molecule has 31 heavy (non-hydrogen) atoms. The highest BCUT2D eigenvalue weighted by atomic mass is 16.5. The third-order valence-electron chi connectivity index (χ3n) is 6.42. The van der Waals surface area contributed by atoms with Crippen molar-refractivity contribution in [1.29, 1.82) is 0 Å². The fraction of sp³-hybridized carbons (Fsp3) is 0.423. The summed E-state index contributed by atoms with van der Waals surface area (Å²) in [6.07, 6.45) is 6.00. The number of aryl methyl sites for hydroxylation is 1. The lowest BCUT2D eigenvalue weighted by atomic mass is 9.87. The minimum absolute atomic E-state index is 0.0391. The van der Waals surface area contributed by atoms with Gasteiger partial charge < -0.3 is 19.9 Å². The second-order valence-electron chi connectivity index (χ2n) is 8.37. The number of carbonyl (C=O) groups is 1. The van der Waals surface area contributed by atoms with E-state index in [-0.39, 0.29) is 11.8 Å². The minimum Gasteiger partial charge on any atom is -0.497 e. The number of methoxy groups -OCH3 is 1. The van der Waals surface area contributed by atoms with Crippen molar-refractivity contribution in [1.82, 2.24) is 15.2 Å². The number of aromatic amines is 1. The van der Waals surface area contributed by atoms with Gasteiger partial charge >= 0.3 is 0 Å². The van der Waals surface area contributed by atoms with Crippen molar-refractivity contribution in [2.75, 3.05) is 33.3 Å². The number of para-hydroxylation sites is 1. The number of ether oxygens (including phenoxy) is 1. The lowest BCUT2D eigenvalue weighted by molar-refractivity contribution is -0.121. The molecule has 1 fully saturated rings. The van der Waals surface area contributed by atoms with Crippen molar-refractivity contribution in [2.45, 2.75) is 38.5 Å². The molecule has 1 saturated heterocycles. The molecule has 0 radical (unpaired) electrons. The number of hydrogen-bond acceptors (Lipinski definition) is 3. The lowest BCUT2D eigenvalue weighted by Gasteiger charge is -2.19. The zero-order chi connectivity index (χ0) is 21.6. The standard InChI is InChI=1S/C26H33N3O2/c1-3-19-8-7-11-22-24(18-28-26(19)22)23(20-9-6-10-21(16-20)31-2)17-25(30)27-12-15-29-13-4-5-14-29/h6-11,16,18,23,28H,3-5,12-15,17H2,1-2H3,(H,27,30)/t23-/m1/s1. The lowest BCUT2D eigenvalue weighted by Crippen LogP contribution is -2.34. The number of amides is 1. The van der Waals surface area contributed by atoms with Gasteiger partial charge in [0, 0.05) is 42.5 Å². The van der Waals surface area contributed by atoms with E-state index in [1.165, 1.54) is 29.3 Å². The number of benzene rings is 2. The molecule has 1 aromatic heterocycles. The number of aromatic nitrogens is 1. The topological polar surface area (TPSA) is 57.4 Å². The Kier molecular flexibility index (Phi) is 6.92. The zero-order valence-electron chi connectivity index (χ0n) is 18.6. The van der Waals surface area contributed by atoms with Crippen molar-refractivity contribution in [3.63, 3.8) is 0 Å². The Morgan fingerprint density at radius 3 is 2.77 bits per heavy atom. The van der Waals surface area contributed by atoms with Crippen LogP contribution in [0.25, 0.3) is 10.9 Å². The van der Waals surface area contributed by atoms with Crippen molar-refractivity contribution in [3.8, 4) is 5.75 Å². The number of fused-ring (bicyclic) bond motifs is 1. The normalized spacial score (nSPS) is 15.3. The van der Waals surface area contributed by atoms with E-state index in [1.807, 2.05) is 18.2 Å². The van der Waals surface area contributed by atoms with Crippen LogP contribution < -0.4 is 10.1 Å². The Bertz CT molecular complexity index is 1020. The molecule has 5 nitrogen and oxygen atoms in total. The van der Waals surface area contributed by atoms with Gasteiger partial charge in [0.05, 0.1) is 7.11 Å². The van der Waals surface area contributed by atoms with Gasteiger partial charge in [-0.25, -0.2) is 0 Å². The summed E-state index contributed by atoms with van der Waals surface area (Å²) in [6, 6.07) is 14.5. The van der Waals surface area contributed by atoms with E-state index >= 15 is 0 Å². The SMILES string of the molecule is CCc1cccc2c([C@H](CC(=O)NCCN3CCCC3)c3cccc(OC)c3)c[nH]c12. The molecule has 0 spiro atoms. The number of nitrogens with one attached hydrogen (secondary N) is 2. The maximum atomic E-state index is 12.9. The molecule has 0 aliphatic carbocycles.